The van der Waals surface area contributed by atoms with Gasteiger partial charge in [-0.05, 0) is 37.5 Å². The molecule has 1 atom stereocenters. The lowest BCUT2D eigenvalue weighted by Crippen LogP contribution is -2.34. The molecule has 0 radical (unpaired) electrons. The van der Waals surface area contributed by atoms with Crippen LogP contribution >= 0.6 is 0 Å². The van der Waals surface area contributed by atoms with Crippen molar-refractivity contribution in [2.45, 2.75) is 51.6 Å². The Labute approximate surface area is 208 Å². The molecule has 1 amide bonds. The van der Waals surface area contributed by atoms with E-state index >= 15 is 0 Å². The highest BCUT2D eigenvalue weighted by molar-refractivity contribution is 6.00. The number of amides is 1. The fourth-order valence-corrected chi connectivity index (χ4v) is 4.62. The van der Waals surface area contributed by atoms with E-state index in [0.717, 1.165) is 38.2 Å². The lowest BCUT2D eigenvalue weighted by Gasteiger charge is -2.26. The number of rotatable bonds is 10. The molecule has 1 saturated heterocycles. The Bertz CT molecular complexity index is 1270. The van der Waals surface area contributed by atoms with Gasteiger partial charge in [0.25, 0.3) is 0 Å². The van der Waals surface area contributed by atoms with Gasteiger partial charge in [0.05, 0.1) is 32.0 Å². The standard InChI is InChI=1S/C26H30F2N4O4/c1-5-7-11-26(10-6-2)14-32(25(33)36-26)19-12-16-18(13-21(19)35-4)29-15-30-24(16)31-23-17(27)8-9-20(34-3)22(23)28/h8-9,12-13,15H,5-7,10-11,14H2,1-4H3,(H,29,30,31). The van der Waals surface area contributed by atoms with Gasteiger partial charge in [-0.1, -0.05) is 26.7 Å². The molecule has 2 heterocycles. The summed E-state index contributed by atoms with van der Waals surface area (Å²) in [7, 11) is 2.80. The minimum absolute atomic E-state index is 0.112. The molecule has 1 aromatic heterocycles. The first-order valence-electron chi connectivity index (χ1n) is 12.0. The van der Waals surface area contributed by atoms with E-state index in [0.29, 0.717) is 28.9 Å². The van der Waals surface area contributed by atoms with Crippen molar-refractivity contribution >= 4 is 34.2 Å². The minimum atomic E-state index is -0.888. The van der Waals surface area contributed by atoms with Crippen LogP contribution in [0.15, 0.2) is 30.6 Å². The number of nitrogens with zero attached hydrogens (tertiary/aromatic N) is 3. The second-order valence-corrected chi connectivity index (χ2v) is 8.82. The maximum absolute atomic E-state index is 14.8. The summed E-state index contributed by atoms with van der Waals surface area (Å²) in [6.07, 6.45) is 5.13. The zero-order valence-electron chi connectivity index (χ0n) is 20.9. The second-order valence-electron chi connectivity index (χ2n) is 8.82. The zero-order chi connectivity index (χ0) is 25.9. The molecule has 4 rings (SSSR count). The van der Waals surface area contributed by atoms with Crippen LogP contribution in [0.1, 0.15) is 46.0 Å². The molecule has 0 spiro atoms. The Morgan fingerprint density at radius 3 is 2.56 bits per heavy atom. The average molecular weight is 501 g/mol. The van der Waals surface area contributed by atoms with Crippen LogP contribution in [-0.4, -0.2) is 42.4 Å². The van der Waals surface area contributed by atoms with E-state index in [1.54, 1.807) is 17.0 Å². The highest BCUT2D eigenvalue weighted by atomic mass is 19.1. The van der Waals surface area contributed by atoms with Crippen LogP contribution < -0.4 is 19.7 Å². The molecule has 1 fully saturated rings. The van der Waals surface area contributed by atoms with Crippen LogP contribution in [0.2, 0.25) is 0 Å². The molecule has 2 aromatic carbocycles. The number of cyclic esters (lactones) is 1. The Morgan fingerprint density at radius 1 is 1.08 bits per heavy atom. The number of anilines is 3. The van der Waals surface area contributed by atoms with Crippen molar-refractivity contribution in [1.29, 1.82) is 0 Å². The average Bonchev–Trinajstić information content (AvgIpc) is 3.20. The highest BCUT2D eigenvalue weighted by Gasteiger charge is 2.45. The molecule has 1 aliphatic heterocycles. The van der Waals surface area contributed by atoms with Crippen molar-refractivity contribution < 1.29 is 27.8 Å². The van der Waals surface area contributed by atoms with Gasteiger partial charge >= 0.3 is 6.09 Å². The van der Waals surface area contributed by atoms with E-state index < -0.39 is 29.0 Å². The molecule has 10 heteroatoms. The van der Waals surface area contributed by atoms with Gasteiger partial charge in [-0.15, -0.1) is 0 Å². The summed E-state index contributed by atoms with van der Waals surface area (Å²) in [4.78, 5) is 23.1. The first-order valence-corrected chi connectivity index (χ1v) is 12.0. The molecular formula is C26H30F2N4O4. The van der Waals surface area contributed by atoms with Gasteiger partial charge in [0.2, 0.25) is 0 Å². The number of nitrogens with one attached hydrogen (secondary N) is 1. The summed E-state index contributed by atoms with van der Waals surface area (Å²) < 4.78 is 45.8. The molecule has 192 valence electrons. The van der Waals surface area contributed by atoms with Crippen molar-refractivity contribution in [2.24, 2.45) is 0 Å². The molecule has 1 unspecified atom stereocenters. The van der Waals surface area contributed by atoms with Gasteiger partial charge < -0.3 is 19.5 Å². The summed E-state index contributed by atoms with van der Waals surface area (Å²) in [6.45, 7) is 4.53. The van der Waals surface area contributed by atoms with E-state index in [1.165, 1.54) is 26.6 Å². The minimum Gasteiger partial charge on any atom is -0.494 e. The number of halogens is 2. The second kappa shape index (κ2) is 10.5. The Hall–Kier alpha value is -3.69. The Kier molecular flexibility index (Phi) is 7.42. The van der Waals surface area contributed by atoms with Crippen LogP contribution in [0.3, 0.4) is 0 Å². The SMILES string of the molecule is CCCCC1(CCC)CN(c2cc3c(Nc4c(F)ccc(OC)c4F)ncnc3cc2OC)C(=O)O1. The largest absolute Gasteiger partial charge is 0.494 e. The maximum Gasteiger partial charge on any atom is 0.415 e. The van der Waals surface area contributed by atoms with Gasteiger partial charge in [-0.3, -0.25) is 4.90 Å². The van der Waals surface area contributed by atoms with E-state index in [-0.39, 0.29) is 11.6 Å². The third-order valence-electron chi connectivity index (χ3n) is 6.41. The number of carbonyl (C=O) groups excluding carboxylic acids is 1. The quantitative estimate of drug-likeness (QED) is 0.347. The fraction of sp³-hybridized carbons (Fsp3) is 0.423. The van der Waals surface area contributed by atoms with E-state index in [4.69, 9.17) is 14.2 Å². The number of methoxy groups -OCH3 is 2. The molecule has 0 aliphatic carbocycles. The number of carbonyl (C=O) groups is 1. The van der Waals surface area contributed by atoms with Gasteiger partial charge in [-0.25, -0.2) is 23.5 Å². The monoisotopic (exact) mass is 500 g/mol. The molecular weight excluding hydrogens is 470 g/mol. The number of benzene rings is 2. The summed E-state index contributed by atoms with van der Waals surface area (Å²) >= 11 is 0. The van der Waals surface area contributed by atoms with Gasteiger partial charge in [-0.2, -0.15) is 0 Å². The Balaban J connectivity index is 1.78. The lowest BCUT2D eigenvalue weighted by molar-refractivity contribution is 0.0399. The number of ether oxygens (including phenoxy) is 3. The van der Waals surface area contributed by atoms with Crippen LogP contribution in [0.4, 0.5) is 30.8 Å². The third kappa shape index (κ3) is 4.72. The zero-order valence-corrected chi connectivity index (χ0v) is 20.9. The topological polar surface area (TPSA) is 85.8 Å². The van der Waals surface area contributed by atoms with Crippen LogP contribution in [-0.2, 0) is 4.74 Å². The summed E-state index contributed by atoms with van der Waals surface area (Å²) in [5.41, 5.74) is -0.0546. The molecule has 3 aromatic rings. The smallest absolute Gasteiger partial charge is 0.415 e. The van der Waals surface area contributed by atoms with Gasteiger partial charge in [0.1, 0.15) is 35.0 Å². The number of hydrogen-bond acceptors (Lipinski definition) is 7. The third-order valence-corrected chi connectivity index (χ3v) is 6.41. The molecule has 0 bridgehead atoms. The predicted molar refractivity (Wildman–Crippen MR) is 133 cm³/mol. The lowest BCUT2D eigenvalue weighted by atomic mass is 9.91. The first-order chi connectivity index (χ1) is 17.4. The maximum atomic E-state index is 14.8. The van der Waals surface area contributed by atoms with Gasteiger partial charge in [0, 0.05) is 11.5 Å². The summed E-state index contributed by atoms with van der Waals surface area (Å²) in [5.74, 6) is -1.23. The number of hydrogen-bond donors (Lipinski definition) is 1. The molecule has 1 aliphatic rings. The van der Waals surface area contributed by atoms with Crippen molar-refractivity contribution in [3.05, 3.63) is 42.2 Å². The summed E-state index contributed by atoms with van der Waals surface area (Å²) in [5, 5.41) is 3.18. The highest BCUT2D eigenvalue weighted by Crippen LogP contribution is 2.41. The normalized spacial score (nSPS) is 17.4. The van der Waals surface area contributed by atoms with E-state index in [1.807, 2.05) is 0 Å². The number of unbranched alkanes of at least 4 members (excludes halogenated alkanes) is 1. The van der Waals surface area contributed by atoms with Crippen molar-refractivity contribution in [2.75, 3.05) is 31.0 Å². The van der Waals surface area contributed by atoms with E-state index in [9.17, 15) is 13.6 Å². The van der Waals surface area contributed by atoms with Crippen molar-refractivity contribution in [3.8, 4) is 11.5 Å². The van der Waals surface area contributed by atoms with Crippen LogP contribution in [0, 0.1) is 11.6 Å². The van der Waals surface area contributed by atoms with E-state index in [2.05, 4.69) is 29.1 Å². The Morgan fingerprint density at radius 2 is 1.86 bits per heavy atom. The molecule has 8 nitrogen and oxygen atoms in total. The fourth-order valence-electron chi connectivity index (χ4n) is 4.62. The number of aromatic nitrogens is 2. The first kappa shape index (κ1) is 25.4. The van der Waals surface area contributed by atoms with Crippen molar-refractivity contribution in [1.82, 2.24) is 9.97 Å². The molecule has 1 N–H and O–H groups in total. The van der Waals surface area contributed by atoms with Crippen LogP contribution in [0.5, 0.6) is 11.5 Å². The molecule has 0 saturated carbocycles. The molecule has 36 heavy (non-hydrogen) atoms. The number of fused-ring (bicyclic) bond motifs is 1. The predicted octanol–water partition coefficient (Wildman–Crippen LogP) is 6.35. The van der Waals surface area contributed by atoms with Crippen LogP contribution in [0.25, 0.3) is 10.9 Å². The summed E-state index contributed by atoms with van der Waals surface area (Å²) in [6, 6.07) is 5.65. The van der Waals surface area contributed by atoms with Crippen molar-refractivity contribution in [3.63, 3.8) is 0 Å². The van der Waals surface area contributed by atoms with Gasteiger partial charge in [0.15, 0.2) is 11.6 Å².